The van der Waals surface area contributed by atoms with E-state index in [0.717, 1.165) is 16.8 Å². The maximum Gasteiger partial charge on any atom is 0.122 e. The van der Waals surface area contributed by atoms with Crippen molar-refractivity contribution in [3.8, 4) is 0 Å². The summed E-state index contributed by atoms with van der Waals surface area (Å²) in [7, 11) is 0. The van der Waals surface area contributed by atoms with Gasteiger partial charge in [-0.25, -0.2) is 4.98 Å². The van der Waals surface area contributed by atoms with Crippen LogP contribution in [0.5, 0.6) is 0 Å². The molecule has 0 fully saturated rings. The summed E-state index contributed by atoms with van der Waals surface area (Å²) in [5.74, 6) is 0. The topological polar surface area (TPSA) is 50.9 Å². The molecule has 0 amide bonds. The highest BCUT2D eigenvalue weighted by atomic mass is 32.2. The van der Waals surface area contributed by atoms with Crippen LogP contribution in [0.2, 0.25) is 0 Å². The summed E-state index contributed by atoms with van der Waals surface area (Å²) >= 11 is 1.60. The molecule has 0 aromatic carbocycles. The molecule has 0 saturated carbocycles. The Hall–Kier alpha value is -2.63. The van der Waals surface area contributed by atoms with Gasteiger partial charge in [-0.05, 0) is 30.2 Å². The van der Waals surface area contributed by atoms with Gasteiger partial charge in [-0.15, -0.1) is 11.8 Å². The lowest BCUT2D eigenvalue weighted by Gasteiger charge is -2.15. The van der Waals surface area contributed by atoms with E-state index in [1.807, 2.05) is 53.5 Å². The van der Waals surface area contributed by atoms with Crippen molar-refractivity contribution in [2.45, 2.75) is 19.6 Å². The second kappa shape index (κ2) is 10.5. The Balaban J connectivity index is 2.25. The summed E-state index contributed by atoms with van der Waals surface area (Å²) in [5, 5.41) is 12.8. The monoisotopic (exact) mass is 379 g/mol. The van der Waals surface area contributed by atoms with E-state index >= 15 is 0 Å². The van der Waals surface area contributed by atoms with Crippen molar-refractivity contribution < 1.29 is 5.11 Å². The number of aliphatic hydroxyl groups is 1. The third-order valence-corrected chi connectivity index (χ3v) is 4.49. The summed E-state index contributed by atoms with van der Waals surface area (Å²) in [6.45, 7) is 10.2. The minimum absolute atomic E-state index is 0.586. The van der Waals surface area contributed by atoms with E-state index in [1.165, 1.54) is 0 Å². The Morgan fingerprint density at radius 2 is 2.11 bits per heavy atom. The number of thioether (sulfide) groups is 1. The molecule has 140 valence electrons. The zero-order valence-electron chi connectivity index (χ0n) is 15.7. The van der Waals surface area contributed by atoms with E-state index in [9.17, 15) is 5.11 Å². The Morgan fingerprint density at radius 3 is 2.70 bits per heavy atom. The molecule has 1 unspecified atom stereocenters. The quantitative estimate of drug-likeness (QED) is 0.627. The van der Waals surface area contributed by atoms with Crippen molar-refractivity contribution in [2.75, 3.05) is 6.26 Å². The van der Waals surface area contributed by atoms with Crippen LogP contribution in [0.15, 0.2) is 85.4 Å². The number of hydrogen-bond acceptors (Lipinski definition) is 4. The number of imidazole rings is 1. The summed E-state index contributed by atoms with van der Waals surface area (Å²) in [6.07, 6.45) is 15.8. The molecule has 5 heteroatoms. The number of aliphatic hydroxyl groups excluding tert-OH is 1. The largest absolute Gasteiger partial charge is 0.382 e. The minimum atomic E-state index is -0.807. The second-order valence-electron chi connectivity index (χ2n) is 5.81. The van der Waals surface area contributed by atoms with Crippen LogP contribution in [0.4, 0.5) is 0 Å². The van der Waals surface area contributed by atoms with Gasteiger partial charge < -0.3 is 9.67 Å². The second-order valence-corrected chi connectivity index (χ2v) is 6.52. The zero-order valence-corrected chi connectivity index (χ0v) is 16.6. The van der Waals surface area contributed by atoms with E-state index in [0.29, 0.717) is 17.8 Å². The van der Waals surface area contributed by atoms with Crippen LogP contribution in [0.25, 0.3) is 5.57 Å². The van der Waals surface area contributed by atoms with Crippen molar-refractivity contribution in [3.63, 3.8) is 0 Å². The number of aromatic nitrogens is 3. The molecule has 1 N–H and O–H groups in total. The first-order valence-corrected chi connectivity index (χ1v) is 9.87. The van der Waals surface area contributed by atoms with Gasteiger partial charge in [-0.3, -0.25) is 4.98 Å². The fourth-order valence-electron chi connectivity index (χ4n) is 2.54. The number of pyridine rings is 1. The number of allylic oxidation sites excluding steroid dienone is 7. The molecule has 4 nitrogen and oxygen atoms in total. The van der Waals surface area contributed by atoms with E-state index in [4.69, 9.17) is 0 Å². The Labute approximate surface area is 165 Å². The minimum Gasteiger partial charge on any atom is -0.382 e. The predicted octanol–water partition coefficient (Wildman–Crippen LogP) is 4.94. The van der Waals surface area contributed by atoms with Gasteiger partial charge >= 0.3 is 0 Å². The smallest absolute Gasteiger partial charge is 0.122 e. The standard InChI is InChI=1S/C22H25N3OS/c1-5-8-9-17(6-2)14-25-16-23-13-21(25)22(26)19-10-11-20(24-12-19)18(7-3)15-27-4/h5-13,15-16,22,26H,2-3,14H2,1,4H3/b8-5-,17-9+,18-15+. The first-order chi connectivity index (χ1) is 13.1. The van der Waals surface area contributed by atoms with Gasteiger partial charge in [0.1, 0.15) is 6.10 Å². The zero-order chi connectivity index (χ0) is 19.6. The highest BCUT2D eigenvalue weighted by Gasteiger charge is 2.16. The molecule has 0 spiro atoms. The average molecular weight is 380 g/mol. The molecule has 2 rings (SSSR count). The molecule has 27 heavy (non-hydrogen) atoms. The van der Waals surface area contributed by atoms with Gasteiger partial charge in [0, 0.05) is 23.9 Å². The van der Waals surface area contributed by atoms with Crippen LogP contribution in [-0.4, -0.2) is 25.9 Å². The molecular formula is C22H25N3OS. The maximum atomic E-state index is 10.8. The molecule has 0 radical (unpaired) electrons. The van der Waals surface area contributed by atoms with Crippen molar-refractivity contribution in [2.24, 2.45) is 0 Å². The van der Waals surface area contributed by atoms with Crippen molar-refractivity contribution >= 4 is 17.3 Å². The molecular weight excluding hydrogens is 354 g/mol. The summed E-state index contributed by atoms with van der Waals surface area (Å²) in [6, 6.07) is 3.77. The highest BCUT2D eigenvalue weighted by Crippen LogP contribution is 2.24. The van der Waals surface area contributed by atoms with Crippen LogP contribution in [0.3, 0.4) is 0 Å². The van der Waals surface area contributed by atoms with Gasteiger partial charge in [0.2, 0.25) is 0 Å². The van der Waals surface area contributed by atoms with E-state index in [2.05, 4.69) is 23.1 Å². The number of nitrogens with zero attached hydrogens (tertiary/aromatic N) is 3. The summed E-state index contributed by atoms with van der Waals surface area (Å²) in [5.41, 5.74) is 4.24. The third kappa shape index (κ3) is 5.42. The molecule has 1 atom stereocenters. The average Bonchev–Trinajstić information content (AvgIpc) is 3.17. The first kappa shape index (κ1) is 20.7. The SMILES string of the molecule is C=C/C(=C\C=C/C)Cn1cncc1C(O)c1ccc(/C(C=C)=C/SC)nc1. The lowest BCUT2D eigenvalue weighted by molar-refractivity contribution is 0.210. The lowest BCUT2D eigenvalue weighted by Crippen LogP contribution is -2.09. The third-order valence-electron chi connectivity index (χ3n) is 4.01. The van der Waals surface area contributed by atoms with Crippen molar-refractivity contribution in [1.29, 1.82) is 0 Å². The van der Waals surface area contributed by atoms with Crippen molar-refractivity contribution in [3.05, 3.63) is 102 Å². The van der Waals surface area contributed by atoms with Gasteiger partial charge in [-0.2, -0.15) is 0 Å². The van der Waals surface area contributed by atoms with Crippen LogP contribution in [0.1, 0.15) is 30.0 Å². The molecule has 0 bridgehead atoms. The molecule has 0 saturated heterocycles. The molecule has 0 aliphatic carbocycles. The molecule has 0 aliphatic rings. The van der Waals surface area contributed by atoms with Crippen LogP contribution >= 0.6 is 11.8 Å². The van der Waals surface area contributed by atoms with Crippen LogP contribution < -0.4 is 0 Å². The fourth-order valence-corrected chi connectivity index (χ4v) is 3.01. The number of rotatable bonds is 9. The normalized spacial score (nSPS) is 13.7. The summed E-state index contributed by atoms with van der Waals surface area (Å²) < 4.78 is 1.92. The molecule has 2 aromatic rings. The van der Waals surface area contributed by atoms with Crippen LogP contribution in [-0.2, 0) is 6.54 Å². The molecule has 2 aromatic heterocycles. The van der Waals surface area contributed by atoms with Gasteiger partial charge in [0.05, 0.1) is 23.9 Å². The van der Waals surface area contributed by atoms with Gasteiger partial charge in [0.25, 0.3) is 0 Å². The van der Waals surface area contributed by atoms with Gasteiger partial charge in [0.15, 0.2) is 0 Å². The predicted molar refractivity (Wildman–Crippen MR) is 115 cm³/mol. The van der Waals surface area contributed by atoms with E-state index < -0.39 is 6.10 Å². The number of hydrogen-bond donors (Lipinski definition) is 1. The lowest BCUT2D eigenvalue weighted by atomic mass is 10.1. The Bertz CT molecular complexity index is 860. The Kier molecular flexibility index (Phi) is 8.04. The first-order valence-electron chi connectivity index (χ1n) is 8.58. The van der Waals surface area contributed by atoms with Crippen LogP contribution in [0, 0.1) is 0 Å². The fraction of sp³-hybridized carbons (Fsp3) is 0.182. The Morgan fingerprint density at radius 1 is 1.30 bits per heavy atom. The van der Waals surface area contributed by atoms with E-state index in [1.54, 1.807) is 42.6 Å². The van der Waals surface area contributed by atoms with Crippen molar-refractivity contribution in [1.82, 2.24) is 14.5 Å². The highest BCUT2D eigenvalue weighted by molar-refractivity contribution is 8.01. The molecule has 2 heterocycles. The van der Waals surface area contributed by atoms with E-state index in [-0.39, 0.29) is 0 Å². The molecule has 0 aliphatic heterocycles. The summed E-state index contributed by atoms with van der Waals surface area (Å²) in [4.78, 5) is 8.67. The van der Waals surface area contributed by atoms with Gasteiger partial charge in [-0.1, -0.05) is 49.6 Å². The maximum absolute atomic E-state index is 10.8.